The number of hydrogen-bond acceptors (Lipinski definition) is 3. The molecule has 4 nitrogen and oxygen atoms in total. The molecule has 0 unspecified atom stereocenters. The van der Waals surface area contributed by atoms with Crippen molar-refractivity contribution in [2.24, 2.45) is 0 Å². The summed E-state index contributed by atoms with van der Waals surface area (Å²) >= 11 is 5.69. The monoisotopic (exact) mass is 425 g/mol. The van der Waals surface area contributed by atoms with Crippen molar-refractivity contribution in [1.82, 2.24) is 9.80 Å². The van der Waals surface area contributed by atoms with Crippen LogP contribution in [-0.2, 0) is 17.5 Å². The van der Waals surface area contributed by atoms with Gasteiger partial charge in [-0.2, -0.15) is 13.2 Å². The molecular formula is C21H23ClF3N3O. The van der Waals surface area contributed by atoms with Gasteiger partial charge in [0.05, 0.1) is 17.3 Å². The molecule has 1 N–H and O–H groups in total. The second-order valence-corrected chi connectivity index (χ2v) is 7.59. The molecule has 156 valence electrons. The summed E-state index contributed by atoms with van der Waals surface area (Å²) in [5.41, 5.74) is 0.00820. The van der Waals surface area contributed by atoms with E-state index in [1.807, 2.05) is 23.1 Å². The molecule has 0 spiro atoms. The first kappa shape index (κ1) is 21.6. The molecule has 1 atom stereocenters. The van der Waals surface area contributed by atoms with E-state index in [2.05, 4.69) is 22.3 Å². The van der Waals surface area contributed by atoms with Gasteiger partial charge in [-0.15, -0.1) is 0 Å². The van der Waals surface area contributed by atoms with Crippen molar-refractivity contribution in [3.05, 3.63) is 64.7 Å². The second kappa shape index (κ2) is 9.15. The van der Waals surface area contributed by atoms with Gasteiger partial charge in [0.1, 0.15) is 0 Å². The van der Waals surface area contributed by atoms with Crippen molar-refractivity contribution in [3.8, 4) is 0 Å². The summed E-state index contributed by atoms with van der Waals surface area (Å²) in [5, 5.41) is 2.39. The van der Waals surface area contributed by atoms with Crippen LogP contribution in [0, 0.1) is 0 Å². The van der Waals surface area contributed by atoms with Gasteiger partial charge in [-0.3, -0.25) is 14.6 Å². The molecule has 0 aliphatic carbocycles. The van der Waals surface area contributed by atoms with E-state index < -0.39 is 23.7 Å². The van der Waals surface area contributed by atoms with Gasteiger partial charge in [0.2, 0.25) is 5.91 Å². The Balaban J connectivity index is 1.58. The average molecular weight is 426 g/mol. The molecule has 1 aliphatic rings. The third-order valence-electron chi connectivity index (χ3n) is 5.13. The van der Waals surface area contributed by atoms with Crippen LogP contribution in [0.25, 0.3) is 0 Å². The summed E-state index contributed by atoms with van der Waals surface area (Å²) in [6.07, 6.45) is -4.60. The molecular weight excluding hydrogens is 403 g/mol. The number of rotatable bonds is 5. The van der Waals surface area contributed by atoms with E-state index >= 15 is 0 Å². The predicted octanol–water partition coefficient (Wildman–Crippen LogP) is 4.50. The molecule has 0 saturated carbocycles. The maximum atomic E-state index is 13.2. The Bertz CT molecular complexity index is 837. The lowest BCUT2D eigenvalue weighted by atomic mass is 10.1. The Labute approximate surface area is 173 Å². The van der Waals surface area contributed by atoms with Crippen LogP contribution in [0.5, 0.6) is 0 Å². The zero-order chi connectivity index (χ0) is 21.0. The summed E-state index contributed by atoms with van der Waals surface area (Å²) < 4.78 is 39.7. The Morgan fingerprint density at radius 2 is 1.76 bits per heavy atom. The van der Waals surface area contributed by atoms with E-state index in [1.165, 1.54) is 17.7 Å². The van der Waals surface area contributed by atoms with E-state index in [1.54, 1.807) is 6.92 Å². The zero-order valence-corrected chi connectivity index (χ0v) is 16.8. The summed E-state index contributed by atoms with van der Waals surface area (Å²) in [7, 11) is 0. The van der Waals surface area contributed by atoms with E-state index in [4.69, 9.17) is 11.6 Å². The summed E-state index contributed by atoms with van der Waals surface area (Å²) in [6, 6.07) is 12.9. The van der Waals surface area contributed by atoms with Gasteiger partial charge in [0.25, 0.3) is 0 Å². The number of anilines is 1. The van der Waals surface area contributed by atoms with Crippen LogP contribution >= 0.6 is 11.6 Å². The standard InChI is InChI=1S/C21H23ClF3N3O/c1-15(20(29)26-19-8-7-17(22)13-18(19)21(23,24)25)28-11-9-27(10-12-28)14-16-5-3-2-4-6-16/h2-8,13,15H,9-12,14H2,1H3,(H,26,29)/t15-/m1/s1. The Kier molecular flexibility index (Phi) is 6.82. The number of nitrogens with one attached hydrogen (secondary N) is 1. The fourth-order valence-corrected chi connectivity index (χ4v) is 3.59. The number of amides is 1. The minimum Gasteiger partial charge on any atom is -0.324 e. The highest BCUT2D eigenvalue weighted by Gasteiger charge is 2.35. The quantitative estimate of drug-likeness (QED) is 0.766. The molecule has 1 amide bonds. The van der Waals surface area contributed by atoms with Gasteiger partial charge in [0, 0.05) is 37.7 Å². The van der Waals surface area contributed by atoms with Crippen molar-refractivity contribution in [1.29, 1.82) is 0 Å². The van der Waals surface area contributed by atoms with Crippen molar-refractivity contribution in [3.63, 3.8) is 0 Å². The number of halogens is 4. The molecule has 3 rings (SSSR count). The van der Waals surface area contributed by atoms with Crippen LogP contribution in [0.4, 0.5) is 18.9 Å². The molecule has 0 aromatic heterocycles. The third-order valence-corrected chi connectivity index (χ3v) is 5.36. The second-order valence-electron chi connectivity index (χ2n) is 7.15. The summed E-state index contributed by atoms with van der Waals surface area (Å²) in [4.78, 5) is 16.9. The first-order chi connectivity index (χ1) is 13.7. The minimum atomic E-state index is -4.60. The van der Waals surface area contributed by atoms with Gasteiger partial charge < -0.3 is 5.32 Å². The normalized spacial score (nSPS) is 17.1. The topological polar surface area (TPSA) is 35.6 Å². The molecule has 8 heteroatoms. The van der Waals surface area contributed by atoms with Gasteiger partial charge in [-0.05, 0) is 30.7 Å². The fraction of sp³-hybridized carbons (Fsp3) is 0.381. The zero-order valence-electron chi connectivity index (χ0n) is 16.0. The lowest BCUT2D eigenvalue weighted by Crippen LogP contribution is -2.52. The molecule has 1 aliphatic heterocycles. The third kappa shape index (κ3) is 5.72. The molecule has 29 heavy (non-hydrogen) atoms. The van der Waals surface area contributed by atoms with Crippen LogP contribution in [-0.4, -0.2) is 47.9 Å². The number of carbonyl (C=O) groups excluding carboxylic acids is 1. The first-order valence-electron chi connectivity index (χ1n) is 9.42. The fourth-order valence-electron chi connectivity index (χ4n) is 3.41. The number of alkyl halides is 3. The molecule has 1 heterocycles. The van der Waals surface area contributed by atoms with Crippen LogP contribution < -0.4 is 5.32 Å². The van der Waals surface area contributed by atoms with Crippen LogP contribution in [0.2, 0.25) is 5.02 Å². The number of piperazine rings is 1. The van der Waals surface area contributed by atoms with E-state index in [-0.39, 0.29) is 10.7 Å². The van der Waals surface area contributed by atoms with Gasteiger partial charge in [-0.1, -0.05) is 41.9 Å². The lowest BCUT2D eigenvalue weighted by molar-refractivity contribution is -0.137. The maximum absolute atomic E-state index is 13.2. The van der Waals surface area contributed by atoms with Gasteiger partial charge in [-0.25, -0.2) is 0 Å². The van der Waals surface area contributed by atoms with Crippen molar-refractivity contribution < 1.29 is 18.0 Å². The number of carbonyl (C=O) groups is 1. The van der Waals surface area contributed by atoms with Crippen LogP contribution in [0.3, 0.4) is 0 Å². The minimum absolute atomic E-state index is 0.0297. The summed E-state index contributed by atoms with van der Waals surface area (Å²) in [6.45, 7) is 5.49. The van der Waals surface area contributed by atoms with Crippen LogP contribution in [0.15, 0.2) is 48.5 Å². The predicted molar refractivity (Wildman–Crippen MR) is 108 cm³/mol. The smallest absolute Gasteiger partial charge is 0.324 e. The van der Waals surface area contributed by atoms with Crippen molar-refractivity contribution >= 4 is 23.2 Å². The van der Waals surface area contributed by atoms with Crippen molar-refractivity contribution in [2.75, 3.05) is 31.5 Å². The Morgan fingerprint density at radius 1 is 1.10 bits per heavy atom. The lowest BCUT2D eigenvalue weighted by Gasteiger charge is -2.37. The van der Waals surface area contributed by atoms with E-state index in [9.17, 15) is 18.0 Å². The van der Waals surface area contributed by atoms with Gasteiger partial charge >= 0.3 is 6.18 Å². The molecule has 1 saturated heterocycles. The highest BCUT2D eigenvalue weighted by molar-refractivity contribution is 6.30. The highest BCUT2D eigenvalue weighted by Crippen LogP contribution is 2.36. The molecule has 2 aromatic rings. The summed E-state index contributed by atoms with van der Waals surface area (Å²) in [5.74, 6) is -0.464. The van der Waals surface area contributed by atoms with Crippen molar-refractivity contribution in [2.45, 2.75) is 25.7 Å². The number of nitrogens with zero attached hydrogens (tertiary/aromatic N) is 2. The molecule has 0 bridgehead atoms. The van der Waals surface area contributed by atoms with Gasteiger partial charge in [0.15, 0.2) is 0 Å². The van der Waals surface area contributed by atoms with E-state index in [0.29, 0.717) is 13.1 Å². The first-order valence-corrected chi connectivity index (χ1v) is 9.80. The maximum Gasteiger partial charge on any atom is 0.418 e. The Hall–Kier alpha value is -2.09. The SMILES string of the molecule is C[C@H](C(=O)Nc1ccc(Cl)cc1C(F)(F)F)N1CCN(Cc2ccccc2)CC1. The average Bonchev–Trinajstić information content (AvgIpc) is 2.69. The Morgan fingerprint density at radius 3 is 2.38 bits per heavy atom. The molecule has 1 fully saturated rings. The van der Waals surface area contributed by atoms with E-state index in [0.717, 1.165) is 25.7 Å². The highest BCUT2D eigenvalue weighted by atomic mass is 35.5. The number of hydrogen-bond donors (Lipinski definition) is 1. The number of benzene rings is 2. The molecule has 2 aromatic carbocycles. The molecule has 0 radical (unpaired) electrons. The van der Waals surface area contributed by atoms with Crippen LogP contribution in [0.1, 0.15) is 18.1 Å². The largest absolute Gasteiger partial charge is 0.418 e.